The Bertz CT molecular complexity index is 686. The van der Waals surface area contributed by atoms with Crippen molar-refractivity contribution in [2.24, 2.45) is 0 Å². The van der Waals surface area contributed by atoms with Crippen molar-refractivity contribution in [3.05, 3.63) is 40.9 Å². The molecule has 0 bridgehead atoms. The van der Waals surface area contributed by atoms with E-state index in [2.05, 4.69) is 53.7 Å². The van der Waals surface area contributed by atoms with E-state index in [4.69, 9.17) is 0 Å². The number of carbonyl (C=O) groups is 1. The highest BCUT2D eigenvalue weighted by Gasteiger charge is 2.20. The normalized spacial score (nSPS) is 19.9. The summed E-state index contributed by atoms with van der Waals surface area (Å²) in [5, 5.41) is 9.53. The van der Waals surface area contributed by atoms with Crippen LogP contribution >= 0.6 is 23.7 Å². The van der Waals surface area contributed by atoms with Gasteiger partial charge in [0.1, 0.15) is 5.01 Å². The van der Waals surface area contributed by atoms with E-state index in [0.29, 0.717) is 12.5 Å². The number of nitrogens with one attached hydrogen (secondary N) is 2. The van der Waals surface area contributed by atoms with Crippen LogP contribution in [0, 0.1) is 0 Å². The SMILES string of the molecule is CCc1ccc(-c2nc(CC(=O)NC3CCNC(C)C3)cs2)cc1.Cl. The number of benzene rings is 1. The van der Waals surface area contributed by atoms with Crippen molar-refractivity contribution in [3.8, 4) is 10.6 Å². The topological polar surface area (TPSA) is 54.0 Å². The van der Waals surface area contributed by atoms with Gasteiger partial charge in [0.2, 0.25) is 5.91 Å². The van der Waals surface area contributed by atoms with Gasteiger partial charge in [0.15, 0.2) is 0 Å². The van der Waals surface area contributed by atoms with Crippen molar-refractivity contribution in [3.63, 3.8) is 0 Å². The summed E-state index contributed by atoms with van der Waals surface area (Å²) in [6.45, 7) is 5.29. The van der Waals surface area contributed by atoms with Gasteiger partial charge in [-0.05, 0) is 38.3 Å². The highest BCUT2D eigenvalue weighted by Crippen LogP contribution is 2.24. The van der Waals surface area contributed by atoms with Crippen molar-refractivity contribution in [1.82, 2.24) is 15.6 Å². The summed E-state index contributed by atoms with van der Waals surface area (Å²) < 4.78 is 0. The van der Waals surface area contributed by atoms with Crippen LogP contribution in [0.1, 0.15) is 37.9 Å². The monoisotopic (exact) mass is 379 g/mol. The van der Waals surface area contributed by atoms with Crippen LogP contribution in [0.25, 0.3) is 10.6 Å². The molecule has 1 saturated heterocycles. The fraction of sp³-hybridized carbons (Fsp3) is 0.474. The number of carbonyl (C=O) groups excluding carboxylic acids is 1. The molecule has 1 aromatic heterocycles. The number of hydrogen-bond acceptors (Lipinski definition) is 4. The van der Waals surface area contributed by atoms with Gasteiger partial charge >= 0.3 is 0 Å². The fourth-order valence-corrected chi connectivity index (χ4v) is 3.94. The van der Waals surface area contributed by atoms with E-state index in [0.717, 1.165) is 42.1 Å². The average molecular weight is 380 g/mol. The maximum atomic E-state index is 12.2. The van der Waals surface area contributed by atoms with Gasteiger partial charge < -0.3 is 10.6 Å². The van der Waals surface area contributed by atoms with Gasteiger partial charge in [-0.15, -0.1) is 23.7 Å². The maximum Gasteiger partial charge on any atom is 0.226 e. The first-order chi connectivity index (χ1) is 11.6. The zero-order valence-corrected chi connectivity index (χ0v) is 16.4. The number of nitrogens with zero attached hydrogens (tertiary/aromatic N) is 1. The molecule has 2 atom stereocenters. The van der Waals surface area contributed by atoms with Crippen molar-refractivity contribution in [2.75, 3.05) is 6.54 Å². The number of aromatic nitrogens is 1. The van der Waals surface area contributed by atoms with Crippen molar-refractivity contribution >= 4 is 29.7 Å². The number of halogens is 1. The Morgan fingerprint density at radius 2 is 2.12 bits per heavy atom. The van der Waals surface area contributed by atoms with Crippen molar-refractivity contribution in [1.29, 1.82) is 0 Å². The second-order valence-electron chi connectivity index (χ2n) is 6.52. The number of amides is 1. The Morgan fingerprint density at radius 1 is 1.36 bits per heavy atom. The van der Waals surface area contributed by atoms with E-state index in [1.54, 1.807) is 11.3 Å². The summed E-state index contributed by atoms with van der Waals surface area (Å²) in [5.74, 6) is 0.0762. The average Bonchev–Trinajstić information content (AvgIpc) is 3.03. The Balaban J connectivity index is 0.00000225. The minimum absolute atomic E-state index is 0. The molecule has 2 N–H and O–H groups in total. The molecule has 1 aliphatic heterocycles. The third-order valence-corrected chi connectivity index (χ3v) is 5.43. The van der Waals surface area contributed by atoms with Crippen LogP contribution in [0.2, 0.25) is 0 Å². The molecule has 1 fully saturated rings. The molecule has 1 amide bonds. The Labute approximate surface area is 159 Å². The Morgan fingerprint density at radius 3 is 2.80 bits per heavy atom. The lowest BCUT2D eigenvalue weighted by molar-refractivity contribution is -0.121. The quantitative estimate of drug-likeness (QED) is 0.834. The van der Waals surface area contributed by atoms with Crippen LogP contribution in [-0.2, 0) is 17.6 Å². The maximum absolute atomic E-state index is 12.2. The van der Waals surface area contributed by atoms with Gasteiger partial charge in [0, 0.05) is 23.0 Å². The molecule has 0 radical (unpaired) electrons. The van der Waals surface area contributed by atoms with Crippen LogP contribution in [-0.4, -0.2) is 29.5 Å². The first kappa shape index (κ1) is 19.9. The van der Waals surface area contributed by atoms with Crippen LogP contribution in [0.3, 0.4) is 0 Å². The lowest BCUT2D eigenvalue weighted by Gasteiger charge is -2.28. The fourth-order valence-electron chi connectivity index (χ4n) is 3.11. The lowest BCUT2D eigenvalue weighted by atomic mass is 10.0. The van der Waals surface area contributed by atoms with Gasteiger partial charge in [0.25, 0.3) is 0 Å². The summed E-state index contributed by atoms with van der Waals surface area (Å²) in [7, 11) is 0. The molecule has 136 valence electrons. The lowest BCUT2D eigenvalue weighted by Crippen LogP contribution is -2.46. The number of thiazole rings is 1. The third-order valence-electron chi connectivity index (χ3n) is 4.49. The number of hydrogen-bond donors (Lipinski definition) is 2. The molecule has 0 aliphatic carbocycles. The molecule has 0 saturated carbocycles. The standard InChI is InChI=1S/C19H25N3OS.ClH/c1-3-14-4-6-15(7-5-14)19-22-17(12-24-19)11-18(23)21-16-8-9-20-13(2)10-16;/h4-7,12-13,16,20H,3,8-11H2,1-2H3,(H,21,23);1H. The molecule has 2 aromatic rings. The summed E-state index contributed by atoms with van der Waals surface area (Å²) in [4.78, 5) is 16.9. The van der Waals surface area contributed by atoms with Crippen LogP contribution in [0.15, 0.2) is 29.6 Å². The molecule has 6 heteroatoms. The Hall–Kier alpha value is -1.43. The van der Waals surface area contributed by atoms with Crippen molar-refractivity contribution in [2.45, 2.75) is 51.6 Å². The van der Waals surface area contributed by atoms with Crippen LogP contribution < -0.4 is 10.6 Å². The van der Waals surface area contributed by atoms with Crippen LogP contribution in [0.5, 0.6) is 0 Å². The highest BCUT2D eigenvalue weighted by molar-refractivity contribution is 7.13. The Kier molecular flexibility index (Phi) is 7.41. The second kappa shape index (κ2) is 9.32. The van der Waals surface area contributed by atoms with Gasteiger partial charge in [-0.1, -0.05) is 31.2 Å². The first-order valence-corrected chi connectivity index (χ1v) is 9.58. The van der Waals surface area contributed by atoms with E-state index in [-0.39, 0.29) is 24.4 Å². The third kappa shape index (κ3) is 5.53. The van der Waals surface area contributed by atoms with E-state index >= 15 is 0 Å². The first-order valence-electron chi connectivity index (χ1n) is 8.70. The molecule has 2 unspecified atom stereocenters. The van der Waals surface area contributed by atoms with E-state index in [9.17, 15) is 4.79 Å². The zero-order chi connectivity index (χ0) is 16.9. The van der Waals surface area contributed by atoms with Crippen LogP contribution in [0.4, 0.5) is 0 Å². The molecule has 4 nitrogen and oxygen atoms in total. The smallest absolute Gasteiger partial charge is 0.226 e. The molecule has 0 spiro atoms. The highest BCUT2D eigenvalue weighted by atomic mass is 35.5. The van der Waals surface area contributed by atoms with Crippen molar-refractivity contribution < 1.29 is 4.79 Å². The van der Waals surface area contributed by atoms with E-state index in [1.165, 1.54) is 5.56 Å². The number of aryl methyl sites for hydroxylation is 1. The molecule has 3 rings (SSSR count). The van der Waals surface area contributed by atoms with Gasteiger partial charge in [-0.25, -0.2) is 4.98 Å². The number of piperidine rings is 1. The number of rotatable bonds is 5. The molecular formula is C19H26ClN3OS. The minimum atomic E-state index is 0. The van der Waals surface area contributed by atoms with E-state index < -0.39 is 0 Å². The van der Waals surface area contributed by atoms with Gasteiger partial charge in [-0.3, -0.25) is 4.79 Å². The van der Waals surface area contributed by atoms with Gasteiger partial charge in [-0.2, -0.15) is 0 Å². The minimum Gasteiger partial charge on any atom is -0.353 e. The predicted octanol–water partition coefficient (Wildman–Crippen LogP) is 3.59. The molecule has 25 heavy (non-hydrogen) atoms. The summed E-state index contributed by atoms with van der Waals surface area (Å²) in [6, 6.07) is 9.26. The molecule has 1 aliphatic rings. The second-order valence-corrected chi connectivity index (χ2v) is 7.37. The molecular weight excluding hydrogens is 354 g/mol. The largest absolute Gasteiger partial charge is 0.353 e. The molecule has 1 aromatic carbocycles. The van der Waals surface area contributed by atoms with E-state index in [1.807, 2.05) is 5.38 Å². The zero-order valence-electron chi connectivity index (χ0n) is 14.7. The summed E-state index contributed by atoms with van der Waals surface area (Å²) >= 11 is 1.60. The molecule has 2 heterocycles. The predicted molar refractivity (Wildman–Crippen MR) is 107 cm³/mol. The van der Waals surface area contributed by atoms with Gasteiger partial charge in [0.05, 0.1) is 12.1 Å². The summed E-state index contributed by atoms with van der Waals surface area (Å²) in [5.41, 5.74) is 3.30. The summed E-state index contributed by atoms with van der Waals surface area (Å²) in [6.07, 6.45) is 3.40.